The number of ether oxygens (including phenoxy) is 2. The number of nitrogens with zero attached hydrogens (tertiary/aromatic N) is 2. The van der Waals surface area contributed by atoms with Crippen molar-refractivity contribution in [2.75, 3.05) is 13.2 Å². The molecule has 0 saturated carbocycles. The number of benzene rings is 1. The van der Waals surface area contributed by atoms with Crippen LogP contribution in [0, 0.1) is 6.92 Å². The first-order valence-corrected chi connectivity index (χ1v) is 6.84. The van der Waals surface area contributed by atoms with Crippen molar-refractivity contribution >= 4 is 0 Å². The number of rotatable bonds is 7. The van der Waals surface area contributed by atoms with Gasteiger partial charge in [-0.05, 0) is 26.3 Å². The fourth-order valence-electron chi connectivity index (χ4n) is 1.93. The van der Waals surface area contributed by atoms with Crippen molar-refractivity contribution in [3.05, 3.63) is 47.1 Å². The van der Waals surface area contributed by atoms with E-state index in [9.17, 15) is 0 Å². The van der Waals surface area contributed by atoms with E-state index in [1.807, 2.05) is 26.0 Å². The summed E-state index contributed by atoms with van der Waals surface area (Å²) in [5.74, 6) is 1.01. The fraction of sp³-hybridized carbons (Fsp3) is 0.467. The summed E-state index contributed by atoms with van der Waals surface area (Å²) in [7, 11) is 0. The Morgan fingerprint density at radius 3 is 2.60 bits per heavy atom. The third-order valence-electron chi connectivity index (χ3n) is 2.77. The lowest BCUT2D eigenvalue weighted by atomic mass is 10.1. The molecule has 0 N–H and O–H groups in total. The lowest BCUT2D eigenvalue weighted by Gasteiger charge is -2.11. The number of hydrogen-bond acceptors (Lipinski definition) is 5. The molecule has 0 unspecified atom stereocenters. The molecular formula is C15H20N2O3. The SMILES string of the molecule is CCOC(OCC)c1nc(Cc2cccc(C)c2)no1. The predicted octanol–water partition coefficient (Wildman–Crippen LogP) is 3.04. The first-order chi connectivity index (χ1) is 9.72. The smallest absolute Gasteiger partial charge is 0.283 e. The average molecular weight is 276 g/mol. The van der Waals surface area contributed by atoms with Crippen molar-refractivity contribution in [3.8, 4) is 0 Å². The predicted molar refractivity (Wildman–Crippen MR) is 74.3 cm³/mol. The topological polar surface area (TPSA) is 57.4 Å². The first-order valence-electron chi connectivity index (χ1n) is 6.84. The molecule has 5 heteroatoms. The largest absolute Gasteiger partial charge is 0.345 e. The van der Waals surface area contributed by atoms with Gasteiger partial charge in [0, 0.05) is 19.6 Å². The molecule has 0 aliphatic heterocycles. The molecule has 1 aromatic heterocycles. The monoisotopic (exact) mass is 276 g/mol. The molecule has 0 spiro atoms. The Labute approximate surface area is 118 Å². The van der Waals surface area contributed by atoms with E-state index in [0.29, 0.717) is 31.3 Å². The summed E-state index contributed by atoms with van der Waals surface area (Å²) in [6, 6.07) is 8.24. The van der Waals surface area contributed by atoms with Crippen LogP contribution in [0.25, 0.3) is 0 Å². The molecule has 2 rings (SSSR count). The van der Waals surface area contributed by atoms with Crippen LogP contribution in [0.5, 0.6) is 0 Å². The minimum atomic E-state index is -0.580. The maximum atomic E-state index is 5.43. The van der Waals surface area contributed by atoms with E-state index in [2.05, 4.69) is 29.2 Å². The third kappa shape index (κ3) is 3.88. The molecule has 2 aromatic rings. The first kappa shape index (κ1) is 14.7. The lowest BCUT2D eigenvalue weighted by Crippen LogP contribution is -2.09. The molecule has 0 aliphatic carbocycles. The standard InChI is InChI=1S/C15H20N2O3/c1-4-18-15(19-5-2)14-16-13(17-20-14)10-12-8-6-7-11(3)9-12/h6-9,15H,4-5,10H2,1-3H3. The molecule has 0 amide bonds. The zero-order chi connectivity index (χ0) is 14.4. The lowest BCUT2D eigenvalue weighted by molar-refractivity contribution is -0.155. The third-order valence-corrected chi connectivity index (χ3v) is 2.77. The van der Waals surface area contributed by atoms with Crippen LogP contribution in [0.2, 0.25) is 0 Å². The Balaban J connectivity index is 2.07. The second kappa shape index (κ2) is 7.17. The van der Waals surface area contributed by atoms with Crippen molar-refractivity contribution in [2.24, 2.45) is 0 Å². The normalized spacial score (nSPS) is 11.2. The highest BCUT2D eigenvalue weighted by Gasteiger charge is 2.19. The van der Waals surface area contributed by atoms with Crippen LogP contribution < -0.4 is 0 Å². The van der Waals surface area contributed by atoms with Gasteiger partial charge in [0.05, 0.1) is 0 Å². The molecule has 1 aromatic carbocycles. The van der Waals surface area contributed by atoms with E-state index in [0.717, 1.165) is 5.56 Å². The second-order valence-electron chi connectivity index (χ2n) is 4.46. The van der Waals surface area contributed by atoms with Crippen molar-refractivity contribution in [1.82, 2.24) is 10.1 Å². The van der Waals surface area contributed by atoms with Gasteiger partial charge in [0.2, 0.25) is 6.29 Å². The van der Waals surface area contributed by atoms with E-state index in [1.54, 1.807) is 0 Å². The Hall–Kier alpha value is -1.72. The Bertz CT molecular complexity index is 533. The summed E-state index contributed by atoms with van der Waals surface area (Å²) in [5.41, 5.74) is 2.37. The van der Waals surface area contributed by atoms with Crippen LogP contribution in [-0.4, -0.2) is 23.4 Å². The minimum Gasteiger partial charge on any atom is -0.345 e. The van der Waals surface area contributed by atoms with Gasteiger partial charge >= 0.3 is 0 Å². The van der Waals surface area contributed by atoms with Gasteiger partial charge in [0.15, 0.2) is 5.82 Å². The zero-order valence-electron chi connectivity index (χ0n) is 12.1. The van der Waals surface area contributed by atoms with Crippen LogP contribution in [0.4, 0.5) is 0 Å². The van der Waals surface area contributed by atoms with Crippen molar-refractivity contribution in [3.63, 3.8) is 0 Å². The highest BCUT2D eigenvalue weighted by molar-refractivity contribution is 5.24. The summed E-state index contributed by atoms with van der Waals surface area (Å²) in [6.07, 6.45) is 0.0552. The van der Waals surface area contributed by atoms with E-state index < -0.39 is 6.29 Å². The molecule has 0 fully saturated rings. The summed E-state index contributed by atoms with van der Waals surface area (Å²) < 4.78 is 16.1. The molecule has 0 radical (unpaired) electrons. The number of aromatic nitrogens is 2. The maximum absolute atomic E-state index is 5.43. The zero-order valence-corrected chi connectivity index (χ0v) is 12.1. The van der Waals surface area contributed by atoms with E-state index in [1.165, 1.54) is 5.56 Å². The van der Waals surface area contributed by atoms with Gasteiger partial charge < -0.3 is 14.0 Å². The highest BCUT2D eigenvalue weighted by Crippen LogP contribution is 2.18. The van der Waals surface area contributed by atoms with E-state index in [-0.39, 0.29) is 0 Å². The quantitative estimate of drug-likeness (QED) is 0.727. The van der Waals surface area contributed by atoms with Crippen molar-refractivity contribution in [1.29, 1.82) is 0 Å². The molecular weight excluding hydrogens is 256 g/mol. The molecule has 0 atom stereocenters. The molecule has 0 aliphatic rings. The second-order valence-corrected chi connectivity index (χ2v) is 4.46. The van der Waals surface area contributed by atoms with Crippen LogP contribution >= 0.6 is 0 Å². The summed E-state index contributed by atoms with van der Waals surface area (Å²) in [4.78, 5) is 4.34. The van der Waals surface area contributed by atoms with Gasteiger partial charge in [-0.2, -0.15) is 4.98 Å². The van der Waals surface area contributed by atoms with Crippen LogP contribution in [0.3, 0.4) is 0 Å². The number of aryl methyl sites for hydroxylation is 1. The van der Waals surface area contributed by atoms with Gasteiger partial charge in [-0.15, -0.1) is 0 Å². The van der Waals surface area contributed by atoms with Gasteiger partial charge in [-0.25, -0.2) is 0 Å². The minimum absolute atomic E-state index is 0.372. The van der Waals surface area contributed by atoms with Crippen molar-refractivity contribution < 1.29 is 14.0 Å². The van der Waals surface area contributed by atoms with E-state index >= 15 is 0 Å². The maximum Gasteiger partial charge on any atom is 0.283 e. The van der Waals surface area contributed by atoms with Crippen LogP contribution in [-0.2, 0) is 15.9 Å². The Morgan fingerprint density at radius 1 is 1.20 bits per heavy atom. The summed E-state index contributed by atoms with van der Waals surface area (Å²) in [5, 5.41) is 3.98. The molecule has 1 heterocycles. The molecule has 0 bridgehead atoms. The molecule has 0 saturated heterocycles. The summed E-state index contributed by atoms with van der Waals surface area (Å²) in [6.45, 7) is 6.91. The van der Waals surface area contributed by atoms with Gasteiger partial charge in [0.25, 0.3) is 5.89 Å². The van der Waals surface area contributed by atoms with Crippen LogP contribution in [0.15, 0.2) is 28.8 Å². The fourth-order valence-corrected chi connectivity index (χ4v) is 1.93. The molecule has 20 heavy (non-hydrogen) atoms. The van der Waals surface area contributed by atoms with Gasteiger partial charge in [-0.3, -0.25) is 0 Å². The van der Waals surface area contributed by atoms with Crippen LogP contribution in [0.1, 0.15) is 43.0 Å². The average Bonchev–Trinajstić information content (AvgIpc) is 2.87. The molecule has 5 nitrogen and oxygen atoms in total. The number of hydrogen-bond donors (Lipinski definition) is 0. The molecule has 108 valence electrons. The highest BCUT2D eigenvalue weighted by atomic mass is 16.7. The Kier molecular flexibility index (Phi) is 5.26. The Morgan fingerprint density at radius 2 is 1.95 bits per heavy atom. The van der Waals surface area contributed by atoms with Gasteiger partial charge in [-0.1, -0.05) is 35.0 Å². The van der Waals surface area contributed by atoms with Crippen molar-refractivity contribution in [2.45, 2.75) is 33.5 Å². The van der Waals surface area contributed by atoms with E-state index in [4.69, 9.17) is 14.0 Å². The summed E-state index contributed by atoms with van der Waals surface area (Å²) >= 11 is 0. The van der Waals surface area contributed by atoms with Gasteiger partial charge in [0.1, 0.15) is 0 Å².